The SMILES string of the molecule is CCO[C@H](CCC(C)(C)O)[C@@](C)(O)C1CC[C@@]2(O)C3=CC(=O)[C@@H]4C[C@@H](O)[C@@H](O)C[C@]4(C)C3CC[C@]12C. The van der Waals surface area contributed by atoms with Crippen LogP contribution in [-0.2, 0) is 9.53 Å². The van der Waals surface area contributed by atoms with Gasteiger partial charge in [0.25, 0.3) is 0 Å². The molecular weight excluding hydrogens is 460 g/mol. The minimum absolute atomic E-state index is 0.0537. The molecule has 0 heterocycles. The smallest absolute Gasteiger partial charge is 0.159 e. The zero-order valence-corrected chi connectivity index (χ0v) is 23.0. The molecule has 0 aliphatic heterocycles. The van der Waals surface area contributed by atoms with Gasteiger partial charge in [0.05, 0.1) is 35.1 Å². The van der Waals surface area contributed by atoms with Crippen molar-refractivity contribution in [2.24, 2.45) is 28.6 Å². The molecule has 0 saturated heterocycles. The predicted octanol–water partition coefficient (Wildman–Crippen LogP) is 2.90. The lowest BCUT2D eigenvalue weighted by Gasteiger charge is -2.60. The summed E-state index contributed by atoms with van der Waals surface area (Å²) in [5, 5.41) is 55.5. The fraction of sp³-hybridized carbons (Fsp3) is 0.897. The second kappa shape index (κ2) is 9.13. The van der Waals surface area contributed by atoms with Crippen molar-refractivity contribution in [3.8, 4) is 0 Å². The quantitative estimate of drug-likeness (QED) is 0.358. The molecule has 206 valence electrons. The largest absolute Gasteiger partial charge is 0.390 e. The molecule has 0 radical (unpaired) electrons. The highest BCUT2D eigenvalue weighted by Gasteiger charge is 2.69. The van der Waals surface area contributed by atoms with Crippen LogP contribution in [0.4, 0.5) is 0 Å². The molecule has 0 spiro atoms. The molecule has 4 rings (SSSR count). The molecule has 0 bridgehead atoms. The van der Waals surface area contributed by atoms with Crippen LogP contribution in [0.3, 0.4) is 0 Å². The molecule has 5 N–H and O–H groups in total. The Morgan fingerprint density at radius 1 is 1.08 bits per heavy atom. The zero-order valence-electron chi connectivity index (χ0n) is 23.0. The third-order valence-electron chi connectivity index (χ3n) is 10.9. The van der Waals surface area contributed by atoms with E-state index in [4.69, 9.17) is 4.74 Å². The molecule has 0 amide bonds. The first-order chi connectivity index (χ1) is 16.5. The molecule has 7 nitrogen and oxygen atoms in total. The van der Waals surface area contributed by atoms with Crippen molar-refractivity contribution >= 4 is 5.78 Å². The number of hydrogen-bond donors (Lipinski definition) is 5. The van der Waals surface area contributed by atoms with Crippen LogP contribution in [0.1, 0.15) is 92.9 Å². The van der Waals surface area contributed by atoms with Crippen molar-refractivity contribution in [1.82, 2.24) is 0 Å². The van der Waals surface area contributed by atoms with Crippen LogP contribution in [0.2, 0.25) is 0 Å². The van der Waals surface area contributed by atoms with E-state index in [1.54, 1.807) is 19.9 Å². The predicted molar refractivity (Wildman–Crippen MR) is 136 cm³/mol. The molecule has 4 aliphatic carbocycles. The van der Waals surface area contributed by atoms with Gasteiger partial charge in [-0.2, -0.15) is 0 Å². The zero-order chi connectivity index (χ0) is 26.9. The Kier molecular flexibility index (Phi) is 7.15. The molecule has 0 aromatic carbocycles. The number of allylic oxidation sites excluding steroid dienone is 1. The van der Waals surface area contributed by atoms with Crippen LogP contribution in [-0.4, -0.2) is 73.0 Å². The van der Waals surface area contributed by atoms with Gasteiger partial charge in [0, 0.05) is 17.9 Å². The standard InChI is InChI=1S/C29H48O7/c1-7-36-24(10-11-25(2,3)33)28(6,34)23-9-13-29(35)18-14-20(30)19-15-21(31)22(32)16-26(19,4)17(18)8-12-27(23,29)5/h14,17,19,21-24,31-35H,7-13,15-16H2,1-6H3/t17?,19-,21+,22-,23?,24+,26+,27+,28-,29+/m0/s1. The molecule has 7 heteroatoms. The fourth-order valence-corrected chi connectivity index (χ4v) is 8.76. The number of aliphatic hydroxyl groups is 5. The van der Waals surface area contributed by atoms with E-state index in [2.05, 4.69) is 0 Å². The van der Waals surface area contributed by atoms with E-state index in [0.717, 1.165) is 12.0 Å². The monoisotopic (exact) mass is 508 g/mol. The summed E-state index contributed by atoms with van der Waals surface area (Å²) in [5.41, 5.74) is -3.75. The van der Waals surface area contributed by atoms with Crippen LogP contribution in [0.5, 0.6) is 0 Å². The first-order valence-corrected chi connectivity index (χ1v) is 13.9. The van der Waals surface area contributed by atoms with Crippen LogP contribution in [0.15, 0.2) is 11.6 Å². The van der Waals surface area contributed by atoms with Crippen molar-refractivity contribution in [3.05, 3.63) is 11.6 Å². The summed E-state index contributed by atoms with van der Waals surface area (Å²) in [6.45, 7) is 11.7. The lowest BCUT2D eigenvalue weighted by molar-refractivity contribution is -0.186. The third kappa shape index (κ3) is 4.22. The molecular formula is C29H48O7. The lowest BCUT2D eigenvalue weighted by Crippen LogP contribution is -2.63. The maximum atomic E-state index is 13.4. The van der Waals surface area contributed by atoms with Gasteiger partial charge in [0.15, 0.2) is 5.78 Å². The van der Waals surface area contributed by atoms with Crippen molar-refractivity contribution in [2.75, 3.05) is 6.61 Å². The number of fused-ring (bicyclic) bond motifs is 5. The molecule has 0 aromatic heterocycles. The van der Waals surface area contributed by atoms with Gasteiger partial charge in [0.2, 0.25) is 0 Å². The Balaban J connectivity index is 1.68. The number of carbonyl (C=O) groups excluding carboxylic acids is 1. The highest BCUT2D eigenvalue weighted by molar-refractivity contribution is 5.95. The van der Waals surface area contributed by atoms with E-state index in [1.165, 1.54) is 0 Å². The van der Waals surface area contributed by atoms with Gasteiger partial charge in [-0.25, -0.2) is 0 Å². The fourth-order valence-electron chi connectivity index (χ4n) is 8.76. The van der Waals surface area contributed by atoms with E-state index in [9.17, 15) is 30.3 Å². The van der Waals surface area contributed by atoms with Crippen molar-refractivity contribution in [2.45, 2.75) is 128 Å². The first kappa shape index (κ1) is 28.2. The summed E-state index contributed by atoms with van der Waals surface area (Å²) >= 11 is 0. The molecule has 10 atom stereocenters. The Morgan fingerprint density at radius 3 is 2.36 bits per heavy atom. The van der Waals surface area contributed by atoms with Crippen molar-refractivity contribution in [1.29, 1.82) is 0 Å². The summed E-state index contributed by atoms with van der Waals surface area (Å²) < 4.78 is 6.04. The number of carbonyl (C=O) groups is 1. The summed E-state index contributed by atoms with van der Waals surface area (Å²) in [4.78, 5) is 13.4. The van der Waals surface area contributed by atoms with Gasteiger partial charge >= 0.3 is 0 Å². The molecule has 2 unspecified atom stereocenters. The van der Waals surface area contributed by atoms with Crippen LogP contribution < -0.4 is 0 Å². The molecule has 3 saturated carbocycles. The van der Waals surface area contributed by atoms with E-state index >= 15 is 0 Å². The van der Waals surface area contributed by atoms with Gasteiger partial charge in [-0.15, -0.1) is 0 Å². The third-order valence-corrected chi connectivity index (χ3v) is 10.9. The average Bonchev–Trinajstić information content (AvgIpc) is 3.05. The molecule has 3 fully saturated rings. The number of aliphatic hydroxyl groups excluding tert-OH is 2. The minimum atomic E-state index is -1.23. The number of ether oxygens (including phenoxy) is 1. The van der Waals surface area contributed by atoms with Gasteiger partial charge in [-0.05, 0) is 108 Å². The first-order valence-electron chi connectivity index (χ1n) is 13.9. The van der Waals surface area contributed by atoms with Gasteiger partial charge in [-0.3, -0.25) is 4.79 Å². The summed E-state index contributed by atoms with van der Waals surface area (Å²) in [5.74, 6) is -0.737. The molecule has 36 heavy (non-hydrogen) atoms. The van der Waals surface area contributed by atoms with Crippen molar-refractivity contribution < 1.29 is 35.1 Å². The Bertz CT molecular complexity index is 891. The number of rotatable bonds is 7. The highest BCUT2D eigenvalue weighted by Crippen LogP contribution is 2.68. The Morgan fingerprint density at radius 2 is 1.75 bits per heavy atom. The maximum absolute atomic E-state index is 13.4. The van der Waals surface area contributed by atoms with Gasteiger partial charge in [0.1, 0.15) is 0 Å². The molecule has 0 aromatic rings. The second-order valence-corrected chi connectivity index (χ2v) is 13.6. The van der Waals surface area contributed by atoms with E-state index in [-0.39, 0.29) is 30.0 Å². The highest BCUT2D eigenvalue weighted by atomic mass is 16.5. The van der Waals surface area contributed by atoms with E-state index < -0.39 is 45.9 Å². The normalized spacial score (nSPS) is 45.2. The summed E-state index contributed by atoms with van der Waals surface area (Å²) in [6.07, 6.45) is 3.45. The summed E-state index contributed by atoms with van der Waals surface area (Å²) in [7, 11) is 0. The topological polar surface area (TPSA) is 127 Å². The summed E-state index contributed by atoms with van der Waals surface area (Å²) in [6, 6.07) is 0. The number of hydrogen-bond acceptors (Lipinski definition) is 7. The number of ketones is 1. The van der Waals surface area contributed by atoms with E-state index in [0.29, 0.717) is 45.1 Å². The molecule has 4 aliphatic rings. The Hall–Kier alpha value is -0.830. The maximum Gasteiger partial charge on any atom is 0.159 e. The van der Waals surface area contributed by atoms with Crippen molar-refractivity contribution in [3.63, 3.8) is 0 Å². The second-order valence-electron chi connectivity index (χ2n) is 13.6. The lowest BCUT2D eigenvalue weighted by atomic mass is 9.45. The van der Waals surface area contributed by atoms with Gasteiger partial charge in [-0.1, -0.05) is 13.8 Å². The Labute approximate surface area is 215 Å². The van der Waals surface area contributed by atoms with E-state index in [1.807, 2.05) is 27.7 Å². The van der Waals surface area contributed by atoms with Crippen LogP contribution in [0.25, 0.3) is 0 Å². The average molecular weight is 509 g/mol. The van der Waals surface area contributed by atoms with Crippen LogP contribution in [0, 0.1) is 28.6 Å². The van der Waals surface area contributed by atoms with Crippen LogP contribution >= 0.6 is 0 Å². The minimum Gasteiger partial charge on any atom is -0.390 e. The van der Waals surface area contributed by atoms with Gasteiger partial charge < -0.3 is 30.3 Å².